The average molecular weight is 300 g/mol. The van der Waals surface area contributed by atoms with Crippen LogP contribution in [0.1, 0.15) is 17.2 Å². The molecular formula is C17H16O3S. The fraction of sp³-hybridized carbons (Fsp3) is 0.176. The van der Waals surface area contributed by atoms with Crippen LogP contribution >= 0.6 is 11.3 Å². The Hall–Kier alpha value is -2.04. The highest BCUT2D eigenvalue weighted by Gasteiger charge is 2.16. The second-order valence-corrected chi connectivity index (χ2v) is 5.62. The zero-order chi connectivity index (χ0) is 14.8. The maximum Gasteiger partial charge on any atom is 0.161 e. The second kappa shape index (κ2) is 5.76. The number of hydrogen-bond acceptors (Lipinski definition) is 4. The first kappa shape index (κ1) is 13.9. The number of aliphatic hydroxyl groups is 1. The monoisotopic (exact) mass is 300 g/mol. The number of aliphatic hydroxyl groups excluding tert-OH is 1. The van der Waals surface area contributed by atoms with Crippen LogP contribution in [-0.4, -0.2) is 19.3 Å². The van der Waals surface area contributed by atoms with Gasteiger partial charge in [0, 0.05) is 10.3 Å². The predicted octanol–water partition coefficient (Wildman–Crippen LogP) is 4.00. The van der Waals surface area contributed by atoms with Crippen molar-refractivity contribution >= 4 is 21.4 Å². The highest BCUT2D eigenvalue weighted by molar-refractivity contribution is 7.17. The summed E-state index contributed by atoms with van der Waals surface area (Å²) >= 11 is 1.64. The van der Waals surface area contributed by atoms with Crippen LogP contribution in [0.4, 0.5) is 0 Å². The molecule has 0 aliphatic rings. The molecule has 0 saturated carbocycles. The Morgan fingerprint density at radius 2 is 1.81 bits per heavy atom. The molecule has 0 radical (unpaired) electrons. The van der Waals surface area contributed by atoms with Gasteiger partial charge in [-0.15, -0.1) is 11.3 Å². The first-order chi connectivity index (χ1) is 10.2. The van der Waals surface area contributed by atoms with Crippen LogP contribution in [0.25, 0.3) is 10.1 Å². The first-order valence-corrected chi connectivity index (χ1v) is 7.48. The zero-order valence-electron chi connectivity index (χ0n) is 11.9. The van der Waals surface area contributed by atoms with Crippen LogP contribution in [0.5, 0.6) is 11.5 Å². The molecule has 1 N–H and O–H groups in total. The molecule has 0 fully saturated rings. The molecule has 3 rings (SSSR count). The molecule has 21 heavy (non-hydrogen) atoms. The van der Waals surface area contributed by atoms with Crippen molar-refractivity contribution in [3.05, 3.63) is 59.0 Å². The number of hydrogen-bond donors (Lipinski definition) is 1. The molecule has 0 aliphatic carbocycles. The second-order valence-electron chi connectivity index (χ2n) is 4.70. The Morgan fingerprint density at radius 3 is 2.57 bits per heavy atom. The number of benzene rings is 2. The van der Waals surface area contributed by atoms with E-state index in [0.717, 1.165) is 21.2 Å². The van der Waals surface area contributed by atoms with E-state index in [1.54, 1.807) is 25.6 Å². The normalized spacial score (nSPS) is 12.3. The molecule has 0 bridgehead atoms. The summed E-state index contributed by atoms with van der Waals surface area (Å²) < 4.78 is 11.6. The van der Waals surface area contributed by atoms with E-state index >= 15 is 0 Å². The van der Waals surface area contributed by atoms with Gasteiger partial charge in [0.25, 0.3) is 0 Å². The largest absolute Gasteiger partial charge is 0.493 e. The lowest BCUT2D eigenvalue weighted by atomic mass is 10.00. The topological polar surface area (TPSA) is 38.7 Å². The molecular weight excluding hydrogens is 284 g/mol. The molecule has 2 aromatic carbocycles. The fourth-order valence-electron chi connectivity index (χ4n) is 2.43. The molecule has 0 spiro atoms. The molecule has 1 unspecified atom stereocenters. The van der Waals surface area contributed by atoms with Gasteiger partial charge in [-0.25, -0.2) is 0 Å². The SMILES string of the molecule is COc1ccc(C(O)c2cccc3ccsc23)cc1OC. The minimum Gasteiger partial charge on any atom is -0.493 e. The quantitative estimate of drug-likeness (QED) is 0.791. The Bertz CT molecular complexity index is 764. The minimum atomic E-state index is -0.688. The Morgan fingerprint density at radius 1 is 1.00 bits per heavy atom. The Kier molecular flexibility index (Phi) is 3.82. The van der Waals surface area contributed by atoms with Crippen LogP contribution in [0.2, 0.25) is 0 Å². The van der Waals surface area contributed by atoms with Gasteiger partial charge in [0.1, 0.15) is 6.10 Å². The predicted molar refractivity (Wildman–Crippen MR) is 85.4 cm³/mol. The summed E-state index contributed by atoms with van der Waals surface area (Å²) in [6.07, 6.45) is -0.688. The van der Waals surface area contributed by atoms with E-state index in [2.05, 4.69) is 12.1 Å². The third kappa shape index (κ3) is 2.48. The Labute approximate surface area is 127 Å². The van der Waals surface area contributed by atoms with Gasteiger partial charge < -0.3 is 14.6 Å². The zero-order valence-corrected chi connectivity index (χ0v) is 12.7. The standard InChI is InChI=1S/C17H16O3S/c1-19-14-7-6-12(10-15(14)20-2)16(18)13-5-3-4-11-8-9-21-17(11)13/h3-10,16,18H,1-2H3. The molecule has 3 aromatic rings. The maximum atomic E-state index is 10.7. The minimum absolute atomic E-state index is 0.618. The molecule has 1 heterocycles. The van der Waals surface area contributed by atoms with E-state index in [9.17, 15) is 5.11 Å². The van der Waals surface area contributed by atoms with Gasteiger partial charge in [-0.2, -0.15) is 0 Å². The number of rotatable bonds is 4. The summed E-state index contributed by atoms with van der Waals surface area (Å²) in [6.45, 7) is 0. The van der Waals surface area contributed by atoms with Gasteiger partial charge in [-0.3, -0.25) is 0 Å². The highest BCUT2D eigenvalue weighted by Crippen LogP contribution is 2.35. The van der Waals surface area contributed by atoms with Crippen LogP contribution in [0.15, 0.2) is 47.8 Å². The summed E-state index contributed by atoms with van der Waals surface area (Å²) in [4.78, 5) is 0. The van der Waals surface area contributed by atoms with Crippen molar-refractivity contribution in [3.63, 3.8) is 0 Å². The van der Waals surface area contributed by atoms with Crippen molar-refractivity contribution in [3.8, 4) is 11.5 Å². The molecule has 0 amide bonds. The lowest BCUT2D eigenvalue weighted by Gasteiger charge is -2.15. The third-order valence-corrected chi connectivity index (χ3v) is 4.51. The van der Waals surface area contributed by atoms with Crippen LogP contribution in [-0.2, 0) is 0 Å². The third-order valence-electron chi connectivity index (χ3n) is 3.53. The van der Waals surface area contributed by atoms with Crippen molar-refractivity contribution < 1.29 is 14.6 Å². The van der Waals surface area contributed by atoms with Crippen molar-refractivity contribution in [1.82, 2.24) is 0 Å². The van der Waals surface area contributed by atoms with E-state index in [4.69, 9.17) is 9.47 Å². The van der Waals surface area contributed by atoms with Crippen LogP contribution < -0.4 is 9.47 Å². The summed E-state index contributed by atoms with van der Waals surface area (Å²) in [7, 11) is 3.19. The van der Waals surface area contributed by atoms with Gasteiger partial charge in [0.05, 0.1) is 14.2 Å². The van der Waals surface area contributed by atoms with Crippen molar-refractivity contribution in [1.29, 1.82) is 0 Å². The van der Waals surface area contributed by atoms with E-state index < -0.39 is 6.10 Å². The van der Waals surface area contributed by atoms with Gasteiger partial charge in [-0.1, -0.05) is 24.3 Å². The fourth-order valence-corrected chi connectivity index (χ4v) is 3.37. The average Bonchev–Trinajstić information content (AvgIpc) is 3.02. The number of thiophene rings is 1. The van der Waals surface area contributed by atoms with Crippen LogP contribution in [0.3, 0.4) is 0 Å². The lowest BCUT2D eigenvalue weighted by molar-refractivity contribution is 0.221. The number of methoxy groups -OCH3 is 2. The van der Waals surface area contributed by atoms with E-state index in [1.807, 2.05) is 35.7 Å². The molecule has 1 atom stereocenters. The van der Waals surface area contributed by atoms with Gasteiger partial charge in [0.2, 0.25) is 0 Å². The summed E-state index contributed by atoms with van der Waals surface area (Å²) in [5, 5.41) is 13.9. The number of ether oxygens (including phenoxy) is 2. The van der Waals surface area contributed by atoms with Crippen molar-refractivity contribution in [2.24, 2.45) is 0 Å². The van der Waals surface area contributed by atoms with Crippen molar-refractivity contribution in [2.75, 3.05) is 14.2 Å². The molecule has 0 aliphatic heterocycles. The van der Waals surface area contributed by atoms with Crippen LogP contribution in [0, 0.1) is 0 Å². The number of fused-ring (bicyclic) bond motifs is 1. The maximum absolute atomic E-state index is 10.7. The van der Waals surface area contributed by atoms with Crippen molar-refractivity contribution in [2.45, 2.75) is 6.10 Å². The summed E-state index contributed by atoms with van der Waals surface area (Å²) in [6, 6.07) is 13.5. The van der Waals surface area contributed by atoms with Gasteiger partial charge >= 0.3 is 0 Å². The van der Waals surface area contributed by atoms with E-state index in [1.165, 1.54) is 0 Å². The molecule has 108 valence electrons. The summed E-state index contributed by atoms with van der Waals surface area (Å²) in [5.74, 6) is 1.27. The molecule has 0 saturated heterocycles. The van der Waals surface area contributed by atoms with Gasteiger partial charge in [-0.05, 0) is 34.5 Å². The van der Waals surface area contributed by atoms with E-state index in [0.29, 0.717) is 11.5 Å². The highest BCUT2D eigenvalue weighted by atomic mass is 32.1. The smallest absolute Gasteiger partial charge is 0.161 e. The molecule has 4 heteroatoms. The first-order valence-electron chi connectivity index (χ1n) is 6.60. The van der Waals surface area contributed by atoms with E-state index in [-0.39, 0.29) is 0 Å². The lowest BCUT2D eigenvalue weighted by Crippen LogP contribution is -2.01. The summed E-state index contributed by atoms with van der Waals surface area (Å²) in [5.41, 5.74) is 1.70. The molecule has 3 nitrogen and oxygen atoms in total. The Balaban J connectivity index is 2.05. The van der Waals surface area contributed by atoms with Gasteiger partial charge in [0.15, 0.2) is 11.5 Å². The molecule has 1 aromatic heterocycles.